The molecule has 0 aliphatic rings. The van der Waals surface area contributed by atoms with Gasteiger partial charge in [0.1, 0.15) is 11.5 Å². The number of hydrogen-bond acceptors (Lipinski definition) is 5. The molecular formula is C20H20BrN3O2S. The Morgan fingerprint density at radius 2 is 1.81 bits per heavy atom. The summed E-state index contributed by atoms with van der Waals surface area (Å²) in [7, 11) is 5.05. The van der Waals surface area contributed by atoms with Crippen LogP contribution in [0.3, 0.4) is 0 Å². The molecule has 27 heavy (non-hydrogen) atoms. The van der Waals surface area contributed by atoms with Crippen molar-refractivity contribution in [1.82, 2.24) is 4.68 Å². The largest absolute Gasteiger partial charge is 0.497 e. The first kappa shape index (κ1) is 19.4. The van der Waals surface area contributed by atoms with Gasteiger partial charge in [0.2, 0.25) is 4.80 Å². The molecule has 0 spiro atoms. The maximum Gasteiger partial charge on any atom is 0.205 e. The highest BCUT2D eigenvalue weighted by atomic mass is 79.9. The van der Waals surface area contributed by atoms with E-state index in [9.17, 15) is 0 Å². The maximum absolute atomic E-state index is 5.57. The Balaban J connectivity index is 2.14. The lowest BCUT2D eigenvalue weighted by Crippen LogP contribution is -2.14. The Kier molecular flexibility index (Phi) is 6.13. The van der Waals surface area contributed by atoms with Crippen molar-refractivity contribution >= 4 is 33.0 Å². The first-order chi connectivity index (χ1) is 13.1. The minimum Gasteiger partial charge on any atom is -0.497 e. The first-order valence-electron chi connectivity index (χ1n) is 8.24. The summed E-state index contributed by atoms with van der Waals surface area (Å²) >= 11 is 5.00. The van der Waals surface area contributed by atoms with Gasteiger partial charge in [0.15, 0.2) is 0 Å². The molecule has 0 N–H and O–H groups in total. The van der Waals surface area contributed by atoms with Crippen LogP contribution in [0.4, 0.5) is 0 Å². The van der Waals surface area contributed by atoms with Crippen LogP contribution in [-0.2, 0) is 0 Å². The van der Waals surface area contributed by atoms with E-state index in [-0.39, 0.29) is 0 Å². The number of hydrogen-bond donors (Lipinski definition) is 0. The van der Waals surface area contributed by atoms with Crippen LogP contribution >= 0.6 is 27.3 Å². The number of benzene rings is 2. The van der Waals surface area contributed by atoms with E-state index in [0.717, 1.165) is 43.3 Å². The van der Waals surface area contributed by atoms with Gasteiger partial charge in [0, 0.05) is 28.5 Å². The summed E-state index contributed by atoms with van der Waals surface area (Å²) < 4.78 is 13.8. The Bertz CT molecular complexity index is 1040. The molecule has 1 aromatic heterocycles. The third-order valence-electron chi connectivity index (χ3n) is 4.07. The third kappa shape index (κ3) is 4.14. The van der Waals surface area contributed by atoms with Gasteiger partial charge in [-0.3, -0.25) is 4.99 Å². The van der Waals surface area contributed by atoms with E-state index in [4.69, 9.17) is 14.6 Å². The summed E-state index contributed by atoms with van der Waals surface area (Å²) in [5.41, 5.74) is 3.78. The van der Waals surface area contributed by atoms with Crippen molar-refractivity contribution in [2.75, 3.05) is 21.3 Å². The number of methoxy groups -OCH3 is 2. The van der Waals surface area contributed by atoms with Crippen LogP contribution in [-0.4, -0.2) is 31.7 Å². The Morgan fingerprint density at radius 1 is 1.07 bits per heavy atom. The van der Waals surface area contributed by atoms with Crippen LogP contribution in [0, 0.1) is 0 Å². The Labute approximate surface area is 170 Å². The number of ether oxygens (including phenoxy) is 2. The molecular weight excluding hydrogens is 426 g/mol. The van der Waals surface area contributed by atoms with Crippen molar-refractivity contribution in [2.24, 2.45) is 10.1 Å². The summed E-state index contributed by atoms with van der Waals surface area (Å²) in [6, 6.07) is 13.8. The molecule has 0 fully saturated rings. The summed E-state index contributed by atoms with van der Waals surface area (Å²) in [5, 5.41) is 6.86. The van der Waals surface area contributed by atoms with E-state index in [0.29, 0.717) is 0 Å². The van der Waals surface area contributed by atoms with Gasteiger partial charge in [-0.1, -0.05) is 28.1 Å². The minimum absolute atomic E-state index is 0.722. The molecule has 0 amide bonds. The lowest BCUT2D eigenvalue weighted by atomic mass is 10.1. The molecule has 3 aromatic rings. The quantitative estimate of drug-likeness (QED) is 0.529. The van der Waals surface area contributed by atoms with Crippen molar-refractivity contribution in [3.63, 3.8) is 0 Å². The zero-order valence-corrected chi connectivity index (χ0v) is 18.0. The maximum atomic E-state index is 5.57. The van der Waals surface area contributed by atoms with Gasteiger partial charge in [0.05, 0.1) is 25.6 Å². The zero-order valence-electron chi connectivity index (χ0n) is 15.6. The van der Waals surface area contributed by atoms with E-state index < -0.39 is 0 Å². The number of halogens is 1. The highest BCUT2D eigenvalue weighted by Crippen LogP contribution is 2.33. The molecule has 3 rings (SSSR count). The monoisotopic (exact) mass is 445 g/mol. The predicted octanol–water partition coefficient (Wildman–Crippen LogP) is 4.80. The predicted molar refractivity (Wildman–Crippen MR) is 114 cm³/mol. The molecule has 5 nitrogen and oxygen atoms in total. The normalized spacial score (nSPS) is 12.3. The molecule has 0 aliphatic carbocycles. The summed E-state index contributed by atoms with van der Waals surface area (Å²) in [6.07, 6.45) is 0. The summed E-state index contributed by atoms with van der Waals surface area (Å²) in [4.78, 5) is 5.17. The molecule has 0 saturated heterocycles. The molecule has 0 radical (unpaired) electrons. The van der Waals surface area contributed by atoms with Gasteiger partial charge in [-0.15, -0.1) is 11.3 Å². The topological polar surface area (TPSA) is 48.1 Å². The van der Waals surface area contributed by atoms with Crippen molar-refractivity contribution in [3.8, 4) is 22.8 Å². The molecule has 0 aliphatic heterocycles. The zero-order chi connectivity index (χ0) is 19.4. The van der Waals surface area contributed by atoms with E-state index in [1.165, 1.54) is 11.3 Å². The van der Waals surface area contributed by atoms with Crippen LogP contribution in [0.15, 0.2) is 62.4 Å². The van der Waals surface area contributed by atoms with Crippen LogP contribution < -0.4 is 14.3 Å². The summed E-state index contributed by atoms with van der Waals surface area (Å²) in [6.45, 7) is 1.99. The average molecular weight is 446 g/mol. The van der Waals surface area contributed by atoms with Crippen molar-refractivity contribution in [1.29, 1.82) is 0 Å². The highest BCUT2D eigenvalue weighted by Gasteiger charge is 2.14. The molecule has 0 unspecified atom stereocenters. The fourth-order valence-electron chi connectivity index (χ4n) is 2.64. The fraction of sp³-hybridized carbons (Fsp3) is 0.200. The number of thiazole rings is 1. The van der Waals surface area contributed by atoms with Gasteiger partial charge >= 0.3 is 0 Å². The van der Waals surface area contributed by atoms with E-state index in [1.54, 1.807) is 21.3 Å². The summed E-state index contributed by atoms with van der Waals surface area (Å²) in [5.74, 6) is 1.47. The first-order valence-corrected chi connectivity index (χ1v) is 9.92. The lowest BCUT2D eigenvalue weighted by molar-refractivity contribution is 0.395. The molecule has 0 bridgehead atoms. The van der Waals surface area contributed by atoms with Crippen LogP contribution in [0.25, 0.3) is 11.3 Å². The van der Waals surface area contributed by atoms with E-state index in [2.05, 4.69) is 20.9 Å². The van der Waals surface area contributed by atoms with Crippen LogP contribution in [0.2, 0.25) is 0 Å². The second-order valence-corrected chi connectivity index (χ2v) is 7.45. The van der Waals surface area contributed by atoms with Crippen molar-refractivity contribution < 1.29 is 9.47 Å². The van der Waals surface area contributed by atoms with E-state index >= 15 is 0 Å². The molecule has 0 saturated carbocycles. The smallest absolute Gasteiger partial charge is 0.205 e. The SMILES string of the molecule is CN=c1scc(-c2ccc(OC)cc2OC)n1N=C(C)c1ccc(Br)cc1. The molecule has 140 valence electrons. The van der Waals surface area contributed by atoms with Crippen LogP contribution in [0.1, 0.15) is 12.5 Å². The highest BCUT2D eigenvalue weighted by molar-refractivity contribution is 9.10. The third-order valence-corrected chi connectivity index (χ3v) is 5.51. The minimum atomic E-state index is 0.722. The van der Waals surface area contributed by atoms with Gasteiger partial charge in [-0.2, -0.15) is 5.10 Å². The molecule has 1 heterocycles. The lowest BCUT2D eigenvalue weighted by Gasteiger charge is -2.11. The van der Waals surface area contributed by atoms with Gasteiger partial charge in [-0.25, -0.2) is 4.68 Å². The number of rotatable bonds is 5. The van der Waals surface area contributed by atoms with Gasteiger partial charge in [0.25, 0.3) is 0 Å². The molecule has 2 aromatic carbocycles. The second-order valence-electron chi connectivity index (χ2n) is 5.70. The molecule has 7 heteroatoms. The fourth-order valence-corrected chi connectivity index (χ4v) is 3.69. The molecule has 0 atom stereocenters. The standard InChI is InChI=1S/C20H20BrN3O2S/c1-13(14-5-7-15(21)8-6-14)23-24-18(12-27-20(24)22-2)17-10-9-16(25-3)11-19(17)26-4/h5-12H,1-4H3. The van der Waals surface area contributed by atoms with Gasteiger partial charge < -0.3 is 9.47 Å². The average Bonchev–Trinajstić information content (AvgIpc) is 3.10. The Hall–Kier alpha value is -2.38. The van der Waals surface area contributed by atoms with Crippen molar-refractivity contribution in [3.05, 3.63) is 62.7 Å². The number of aromatic nitrogens is 1. The van der Waals surface area contributed by atoms with E-state index in [1.807, 2.05) is 59.4 Å². The van der Waals surface area contributed by atoms with Crippen molar-refractivity contribution in [2.45, 2.75) is 6.92 Å². The van der Waals surface area contributed by atoms with Gasteiger partial charge in [-0.05, 0) is 36.8 Å². The Morgan fingerprint density at radius 3 is 2.44 bits per heavy atom. The second kappa shape index (κ2) is 8.54. The van der Waals surface area contributed by atoms with Crippen LogP contribution in [0.5, 0.6) is 11.5 Å². The number of nitrogens with zero attached hydrogens (tertiary/aromatic N) is 3.